The molecule has 0 aromatic carbocycles. The number of hydrogen-bond donors (Lipinski definition) is 2. The van der Waals surface area contributed by atoms with Gasteiger partial charge in [-0.25, -0.2) is 4.79 Å². The average Bonchev–Trinajstić information content (AvgIpc) is 2.66. The van der Waals surface area contributed by atoms with Crippen LogP contribution in [-0.2, 0) is 9.53 Å². The first kappa shape index (κ1) is 9.98. The van der Waals surface area contributed by atoms with E-state index in [0.717, 1.165) is 0 Å². The molecule has 2 fully saturated rings. The maximum atomic E-state index is 11.1. The van der Waals surface area contributed by atoms with E-state index in [2.05, 4.69) is 10.6 Å². The smallest absolute Gasteiger partial charge is 0.322 e. The molecule has 2 heterocycles. The summed E-state index contributed by atoms with van der Waals surface area (Å²) < 4.78 is 5.03. The van der Waals surface area contributed by atoms with Gasteiger partial charge in [0.05, 0.1) is 6.61 Å². The third-order valence-electron chi connectivity index (χ3n) is 2.04. The summed E-state index contributed by atoms with van der Waals surface area (Å²) in [5, 5.41) is 4.73. The van der Waals surface area contributed by atoms with Gasteiger partial charge in [0, 0.05) is 13.0 Å². The lowest BCUT2D eigenvalue weighted by Crippen LogP contribution is -2.47. The van der Waals surface area contributed by atoms with Crippen LogP contribution in [0.2, 0.25) is 0 Å². The van der Waals surface area contributed by atoms with Crippen molar-refractivity contribution in [2.45, 2.75) is 25.8 Å². The molecule has 5 nitrogen and oxygen atoms in total. The second kappa shape index (κ2) is 3.74. The van der Waals surface area contributed by atoms with Crippen LogP contribution in [0, 0.1) is 0 Å². The predicted octanol–water partition coefficient (Wildman–Crippen LogP) is 0.0111. The molecule has 2 N–H and O–H groups in total. The first-order chi connectivity index (χ1) is 6.23. The summed E-state index contributed by atoms with van der Waals surface area (Å²) in [6, 6.07) is -0.416. The number of amides is 3. The van der Waals surface area contributed by atoms with Gasteiger partial charge in [-0.2, -0.15) is 0 Å². The Bertz CT molecular complexity index is 221. The monoisotopic (exact) mass is 186 g/mol. The number of ether oxygens (including phenoxy) is 1. The van der Waals surface area contributed by atoms with Crippen LogP contribution in [0.3, 0.4) is 0 Å². The molecule has 1 spiro atoms. The summed E-state index contributed by atoms with van der Waals surface area (Å²) in [5.41, 5.74) is -0.753. The number of hydrogen-bond acceptors (Lipinski definition) is 3. The number of carbonyl (C=O) groups excluding carboxylic acids is 2. The highest BCUT2D eigenvalue weighted by Crippen LogP contribution is 2.21. The summed E-state index contributed by atoms with van der Waals surface area (Å²) in [6.07, 6.45) is 0.574. The Labute approximate surface area is 76.8 Å². The van der Waals surface area contributed by atoms with Crippen molar-refractivity contribution >= 4 is 11.9 Å². The zero-order valence-corrected chi connectivity index (χ0v) is 7.85. The number of nitrogens with one attached hydrogen (secondary N) is 2. The van der Waals surface area contributed by atoms with Crippen LogP contribution in [0.15, 0.2) is 0 Å². The van der Waals surface area contributed by atoms with Crippen molar-refractivity contribution < 1.29 is 14.3 Å². The van der Waals surface area contributed by atoms with E-state index in [1.54, 1.807) is 0 Å². The number of rotatable bonds is 0. The van der Waals surface area contributed by atoms with Crippen LogP contribution in [0.25, 0.3) is 0 Å². The van der Waals surface area contributed by atoms with Crippen LogP contribution in [-0.4, -0.2) is 30.7 Å². The fourth-order valence-corrected chi connectivity index (χ4v) is 1.37. The topological polar surface area (TPSA) is 67.4 Å². The fraction of sp³-hybridized carbons (Fsp3) is 0.750. The molecule has 2 aliphatic heterocycles. The highest BCUT2D eigenvalue weighted by atomic mass is 16.5. The van der Waals surface area contributed by atoms with Gasteiger partial charge in [0.1, 0.15) is 5.54 Å². The van der Waals surface area contributed by atoms with E-state index in [9.17, 15) is 9.59 Å². The molecule has 5 heteroatoms. The molecule has 0 aromatic rings. The van der Waals surface area contributed by atoms with Crippen molar-refractivity contribution in [3.8, 4) is 0 Å². The van der Waals surface area contributed by atoms with Crippen molar-refractivity contribution in [3.05, 3.63) is 0 Å². The Balaban J connectivity index is 0.000000396. The molecule has 0 saturated carbocycles. The molecule has 74 valence electrons. The van der Waals surface area contributed by atoms with E-state index < -0.39 is 11.6 Å². The zero-order valence-electron chi connectivity index (χ0n) is 7.85. The van der Waals surface area contributed by atoms with Crippen molar-refractivity contribution in [1.29, 1.82) is 0 Å². The van der Waals surface area contributed by atoms with Gasteiger partial charge in [0.25, 0.3) is 5.91 Å². The Morgan fingerprint density at radius 1 is 1.38 bits per heavy atom. The van der Waals surface area contributed by atoms with Crippen molar-refractivity contribution in [1.82, 2.24) is 10.6 Å². The van der Waals surface area contributed by atoms with Gasteiger partial charge in [-0.3, -0.25) is 10.1 Å². The predicted molar refractivity (Wildman–Crippen MR) is 46.2 cm³/mol. The first-order valence-electron chi connectivity index (χ1n) is 4.44. The summed E-state index contributed by atoms with van der Waals surface area (Å²) in [7, 11) is 0. The second-order valence-corrected chi connectivity index (χ2v) is 2.79. The highest BCUT2D eigenvalue weighted by Gasteiger charge is 2.48. The number of urea groups is 1. The molecular formula is C8H14N2O3. The Hall–Kier alpha value is -1.10. The number of imide groups is 1. The third-order valence-corrected chi connectivity index (χ3v) is 2.04. The maximum absolute atomic E-state index is 11.1. The van der Waals surface area contributed by atoms with Gasteiger partial charge < -0.3 is 10.1 Å². The summed E-state index contributed by atoms with van der Waals surface area (Å²) in [4.78, 5) is 21.9. The van der Waals surface area contributed by atoms with Crippen molar-refractivity contribution in [3.63, 3.8) is 0 Å². The molecule has 0 radical (unpaired) electrons. The van der Waals surface area contributed by atoms with Crippen LogP contribution in [0.1, 0.15) is 20.3 Å². The molecule has 2 aliphatic rings. The highest BCUT2D eigenvalue weighted by molar-refractivity contribution is 6.07. The Morgan fingerprint density at radius 2 is 2.08 bits per heavy atom. The van der Waals surface area contributed by atoms with Crippen LogP contribution in [0.4, 0.5) is 4.79 Å². The molecule has 13 heavy (non-hydrogen) atoms. The molecule has 1 atom stereocenters. The van der Waals surface area contributed by atoms with Gasteiger partial charge in [-0.15, -0.1) is 0 Å². The lowest BCUT2D eigenvalue weighted by Gasteiger charge is -2.15. The van der Waals surface area contributed by atoms with E-state index in [0.29, 0.717) is 19.6 Å². The van der Waals surface area contributed by atoms with Crippen LogP contribution in [0.5, 0.6) is 0 Å². The minimum Gasteiger partial charge on any atom is -0.378 e. The van der Waals surface area contributed by atoms with Gasteiger partial charge in [0.15, 0.2) is 0 Å². The SMILES string of the molecule is CC.O=C1NC(=O)C2(CCOC2)N1. The van der Waals surface area contributed by atoms with E-state index in [-0.39, 0.29) is 5.91 Å². The molecule has 0 bridgehead atoms. The quantitative estimate of drug-likeness (QED) is 0.524. The molecule has 1 unspecified atom stereocenters. The molecule has 3 amide bonds. The average molecular weight is 186 g/mol. The van der Waals surface area contributed by atoms with Crippen molar-refractivity contribution in [2.24, 2.45) is 0 Å². The van der Waals surface area contributed by atoms with Gasteiger partial charge >= 0.3 is 6.03 Å². The van der Waals surface area contributed by atoms with Gasteiger partial charge in [-0.05, 0) is 0 Å². The van der Waals surface area contributed by atoms with Crippen LogP contribution >= 0.6 is 0 Å². The van der Waals surface area contributed by atoms with Gasteiger partial charge in [0.2, 0.25) is 0 Å². The summed E-state index contributed by atoms with van der Waals surface area (Å²) in [6.45, 7) is 4.83. The van der Waals surface area contributed by atoms with E-state index >= 15 is 0 Å². The second-order valence-electron chi connectivity index (χ2n) is 2.79. The Morgan fingerprint density at radius 3 is 2.46 bits per heavy atom. The summed E-state index contributed by atoms with van der Waals surface area (Å²) in [5.74, 6) is -0.264. The van der Waals surface area contributed by atoms with E-state index in [4.69, 9.17) is 4.74 Å². The van der Waals surface area contributed by atoms with Crippen LogP contribution < -0.4 is 10.6 Å². The normalized spacial score (nSPS) is 30.9. The third kappa shape index (κ3) is 1.65. The van der Waals surface area contributed by atoms with E-state index in [1.807, 2.05) is 13.8 Å². The molecule has 0 aromatic heterocycles. The van der Waals surface area contributed by atoms with Gasteiger partial charge in [-0.1, -0.05) is 13.8 Å². The molecular weight excluding hydrogens is 172 g/mol. The Kier molecular flexibility index (Phi) is 2.87. The largest absolute Gasteiger partial charge is 0.378 e. The number of carbonyl (C=O) groups is 2. The molecule has 2 saturated heterocycles. The van der Waals surface area contributed by atoms with Crippen molar-refractivity contribution in [2.75, 3.05) is 13.2 Å². The van der Waals surface area contributed by atoms with E-state index in [1.165, 1.54) is 0 Å². The fourth-order valence-electron chi connectivity index (χ4n) is 1.37. The lowest BCUT2D eigenvalue weighted by molar-refractivity contribution is -0.123. The zero-order chi connectivity index (χ0) is 9.90. The minimum atomic E-state index is -0.753. The maximum Gasteiger partial charge on any atom is 0.322 e. The summed E-state index contributed by atoms with van der Waals surface area (Å²) >= 11 is 0. The standard InChI is InChI=1S/C6H8N2O3.C2H6/c9-4-6(1-2-11-3-6)8-5(10)7-4;1-2/h1-3H2,(H2,7,8,9,10);1-2H3. The first-order valence-corrected chi connectivity index (χ1v) is 4.44. The minimum absolute atomic E-state index is 0.264. The molecule has 2 rings (SSSR count). The lowest BCUT2D eigenvalue weighted by atomic mass is 10.00. The molecule has 0 aliphatic carbocycles.